The van der Waals surface area contributed by atoms with Gasteiger partial charge in [-0.15, -0.1) is 0 Å². The number of nitrogens with zero attached hydrogens (tertiary/aromatic N) is 2. The number of H-pyrrole nitrogens is 2. The quantitative estimate of drug-likeness (QED) is 0.610. The van der Waals surface area contributed by atoms with E-state index in [1.54, 1.807) is 24.7 Å². The maximum absolute atomic E-state index is 11.4. The van der Waals surface area contributed by atoms with Crippen LogP contribution in [0.25, 0.3) is 22.0 Å². The van der Waals surface area contributed by atoms with Gasteiger partial charge in [0.1, 0.15) is 0 Å². The lowest BCUT2D eigenvalue weighted by Crippen LogP contribution is -2.11. The number of carbonyl (C=O) groups excluding carboxylic acids is 1. The fourth-order valence-electron chi connectivity index (χ4n) is 1.83. The topological polar surface area (TPSA) is 100 Å². The van der Waals surface area contributed by atoms with Gasteiger partial charge in [-0.25, -0.2) is 0 Å². The minimum absolute atomic E-state index is 0.427. The van der Waals surface area contributed by atoms with Crippen LogP contribution in [0.4, 0.5) is 0 Å². The molecule has 1 amide bonds. The van der Waals surface area contributed by atoms with Crippen LogP contribution in [-0.2, 0) is 0 Å². The third kappa shape index (κ3) is 1.46. The number of hydrogen-bond donors (Lipinski definition) is 3. The molecule has 84 valence electrons. The standard InChI is InChI=1S/C11H9N5O/c12-11(17)9-2-6(8-4-13-14-5-8)1-7-3-15-16-10(7)9/h1-5H,(H2,12,17)(H,13,14)(H,15,16). The zero-order chi connectivity index (χ0) is 11.8. The molecule has 2 aromatic heterocycles. The zero-order valence-corrected chi connectivity index (χ0v) is 8.77. The van der Waals surface area contributed by atoms with E-state index < -0.39 is 5.91 Å². The van der Waals surface area contributed by atoms with E-state index in [4.69, 9.17) is 5.73 Å². The van der Waals surface area contributed by atoms with Crippen LogP contribution in [0.3, 0.4) is 0 Å². The van der Waals surface area contributed by atoms with Gasteiger partial charge in [0.25, 0.3) is 5.91 Å². The van der Waals surface area contributed by atoms with E-state index >= 15 is 0 Å². The van der Waals surface area contributed by atoms with E-state index in [9.17, 15) is 4.79 Å². The fraction of sp³-hybridized carbons (Fsp3) is 0. The summed E-state index contributed by atoms with van der Waals surface area (Å²) in [6.07, 6.45) is 5.10. The smallest absolute Gasteiger partial charge is 0.250 e. The summed E-state index contributed by atoms with van der Waals surface area (Å²) in [7, 11) is 0. The average molecular weight is 227 g/mol. The zero-order valence-electron chi connectivity index (χ0n) is 8.77. The number of nitrogens with one attached hydrogen (secondary N) is 2. The molecule has 0 unspecified atom stereocenters. The van der Waals surface area contributed by atoms with Crippen molar-refractivity contribution < 1.29 is 4.79 Å². The molecule has 0 aliphatic rings. The van der Waals surface area contributed by atoms with Crippen LogP contribution in [0.15, 0.2) is 30.7 Å². The maximum Gasteiger partial charge on any atom is 0.250 e. The number of hydrogen-bond acceptors (Lipinski definition) is 3. The van der Waals surface area contributed by atoms with Crippen LogP contribution in [0.5, 0.6) is 0 Å². The van der Waals surface area contributed by atoms with E-state index in [2.05, 4.69) is 20.4 Å². The van der Waals surface area contributed by atoms with Crippen molar-refractivity contribution in [3.05, 3.63) is 36.3 Å². The van der Waals surface area contributed by atoms with Gasteiger partial charge in [-0.05, 0) is 17.7 Å². The first-order valence-corrected chi connectivity index (χ1v) is 5.02. The Labute approximate surface area is 95.8 Å². The molecule has 0 spiro atoms. The van der Waals surface area contributed by atoms with Crippen molar-refractivity contribution in [2.45, 2.75) is 0 Å². The molecule has 0 aliphatic heterocycles. The molecule has 6 nitrogen and oxygen atoms in total. The molecule has 0 aliphatic carbocycles. The Morgan fingerprint density at radius 1 is 1.18 bits per heavy atom. The highest BCUT2D eigenvalue weighted by atomic mass is 16.1. The molecule has 0 saturated carbocycles. The summed E-state index contributed by atoms with van der Waals surface area (Å²) in [6.45, 7) is 0. The van der Waals surface area contributed by atoms with Gasteiger partial charge in [-0.2, -0.15) is 10.2 Å². The second-order valence-corrected chi connectivity index (χ2v) is 3.71. The van der Waals surface area contributed by atoms with Crippen molar-refractivity contribution in [1.29, 1.82) is 0 Å². The summed E-state index contributed by atoms with van der Waals surface area (Å²) in [5.74, 6) is -0.482. The Hall–Kier alpha value is -2.63. The van der Waals surface area contributed by atoms with E-state index in [1.165, 1.54) is 0 Å². The molecule has 2 heterocycles. The molecular weight excluding hydrogens is 218 g/mol. The second kappa shape index (κ2) is 3.44. The van der Waals surface area contributed by atoms with Crippen LogP contribution >= 0.6 is 0 Å². The molecular formula is C11H9N5O. The summed E-state index contributed by atoms with van der Waals surface area (Å²) in [4.78, 5) is 11.4. The Morgan fingerprint density at radius 3 is 2.76 bits per heavy atom. The number of primary amides is 1. The van der Waals surface area contributed by atoms with Crippen molar-refractivity contribution in [1.82, 2.24) is 20.4 Å². The summed E-state index contributed by atoms with van der Waals surface area (Å²) in [5, 5.41) is 14.1. The number of aromatic amines is 2. The van der Waals surface area contributed by atoms with Gasteiger partial charge >= 0.3 is 0 Å². The lowest BCUT2D eigenvalue weighted by atomic mass is 10.0. The second-order valence-electron chi connectivity index (χ2n) is 3.71. The van der Waals surface area contributed by atoms with Gasteiger partial charge in [0, 0.05) is 17.1 Å². The van der Waals surface area contributed by atoms with Gasteiger partial charge in [0.15, 0.2) is 0 Å². The molecule has 3 rings (SSSR count). The first-order valence-electron chi connectivity index (χ1n) is 5.02. The van der Waals surface area contributed by atoms with Gasteiger partial charge in [0.2, 0.25) is 0 Å². The molecule has 4 N–H and O–H groups in total. The third-order valence-electron chi connectivity index (χ3n) is 2.65. The first kappa shape index (κ1) is 9.59. The number of amides is 1. The average Bonchev–Trinajstić information content (AvgIpc) is 2.98. The van der Waals surface area contributed by atoms with E-state index in [1.807, 2.05) is 6.07 Å². The number of rotatable bonds is 2. The van der Waals surface area contributed by atoms with Crippen molar-refractivity contribution in [3.63, 3.8) is 0 Å². The number of carbonyl (C=O) groups is 1. The summed E-state index contributed by atoms with van der Waals surface area (Å²) >= 11 is 0. The van der Waals surface area contributed by atoms with Crippen molar-refractivity contribution in [3.8, 4) is 11.1 Å². The molecule has 0 atom stereocenters. The molecule has 0 bridgehead atoms. The minimum Gasteiger partial charge on any atom is -0.366 e. The molecule has 0 radical (unpaired) electrons. The Balaban J connectivity index is 2.31. The van der Waals surface area contributed by atoms with Crippen LogP contribution in [0, 0.1) is 0 Å². The lowest BCUT2D eigenvalue weighted by molar-refractivity contribution is 0.100. The number of aromatic nitrogens is 4. The Bertz CT molecular complexity index is 683. The highest BCUT2D eigenvalue weighted by Gasteiger charge is 2.11. The molecule has 17 heavy (non-hydrogen) atoms. The van der Waals surface area contributed by atoms with Crippen molar-refractivity contribution in [2.75, 3.05) is 0 Å². The predicted octanol–water partition coefficient (Wildman–Crippen LogP) is 1.05. The predicted molar refractivity (Wildman–Crippen MR) is 62.2 cm³/mol. The highest BCUT2D eigenvalue weighted by Crippen LogP contribution is 2.25. The SMILES string of the molecule is NC(=O)c1cc(-c2cn[nH]c2)cc2cn[nH]c12. The normalized spacial score (nSPS) is 10.8. The number of benzene rings is 1. The van der Waals surface area contributed by atoms with Gasteiger partial charge in [-0.3, -0.25) is 15.0 Å². The lowest BCUT2D eigenvalue weighted by Gasteiger charge is -2.02. The molecule has 1 aromatic carbocycles. The van der Waals surface area contributed by atoms with Gasteiger partial charge in [-0.1, -0.05) is 0 Å². The van der Waals surface area contributed by atoms with Crippen LogP contribution in [0.2, 0.25) is 0 Å². The van der Waals surface area contributed by atoms with Crippen molar-refractivity contribution in [2.24, 2.45) is 5.73 Å². The van der Waals surface area contributed by atoms with Crippen molar-refractivity contribution >= 4 is 16.8 Å². The van der Waals surface area contributed by atoms with Gasteiger partial charge in [0.05, 0.1) is 23.5 Å². The fourth-order valence-corrected chi connectivity index (χ4v) is 1.83. The van der Waals surface area contributed by atoms with Gasteiger partial charge < -0.3 is 5.73 Å². The minimum atomic E-state index is -0.482. The van der Waals surface area contributed by atoms with E-state index in [0.717, 1.165) is 16.5 Å². The molecule has 6 heteroatoms. The largest absolute Gasteiger partial charge is 0.366 e. The number of nitrogens with two attached hydrogens (primary N) is 1. The van der Waals surface area contributed by atoms with Crippen LogP contribution in [0.1, 0.15) is 10.4 Å². The molecule has 0 saturated heterocycles. The first-order chi connectivity index (χ1) is 8.25. The van der Waals surface area contributed by atoms with E-state index in [0.29, 0.717) is 11.1 Å². The molecule has 3 aromatic rings. The Morgan fingerprint density at radius 2 is 2.06 bits per heavy atom. The summed E-state index contributed by atoms with van der Waals surface area (Å²) in [6, 6.07) is 3.66. The van der Waals surface area contributed by atoms with Crippen LogP contribution < -0.4 is 5.73 Å². The number of fused-ring (bicyclic) bond motifs is 1. The van der Waals surface area contributed by atoms with E-state index in [-0.39, 0.29) is 0 Å². The monoisotopic (exact) mass is 227 g/mol. The van der Waals surface area contributed by atoms with Crippen LogP contribution in [-0.4, -0.2) is 26.3 Å². The summed E-state index contributed by atoms with van der Waals surface area (Å²) < 4.78 is 0. The highest BCUT2D eigenvalue weighted by molar-refractivity contribution is 6.06. The Kier molecular flexibility index (Phi) is 1.94. The summed E-state index contributed by atoms with van der Waals surface area (Å²) in [5.41, 5.74) is 8.21. The molecule has 0 fully saturated rings. The maximum atomic E-state index is 11.4. The third-order valence-corrected chi connectivity index (χ3v) is 2.65.